The molecule has 0 spiro atoms. The van der Waals surface area contributed by atoms with Crippen molar-refractivity contribution in [1.29, 1.82) is 0 Å². The second-order valence-electron chi connectivity index (χ2n) is 7.03. The van der Waals surface area contributed by atoms with E-state index in [9.17, 15) is 14.4 Å². The molecule has 2 saturated heterocycles. The van der Waals surface area contributed by atoms with Crippen LogP contribution in [0.1, 0.15) is 26.2 Å². The Kier molecular flexibility index (Phi) is 5.44. The fourth-order valence-electron chi connectivity index (χ4n) is 3.53. The van der Waals surface area contributed by atoms with Gasteiger partial charge in [-0.2, -0.15) is 0 Å². The Balaban J connectivity index is 1.57. The molecule has 2 fully saturated rings. The maximum absolute atomic E-state index is 12.4. The molecule has 0 aromatic heterocycles. The van der Waals surface area contributed by atoms with Gasteiger partial charge in [0, 0.05) is 57.4 Å². The van der Waals surface area contributed by atoms with E-state index in [0.29, 0.717) is 32.5 Å². The van der Waals surface area contributed by atoms with Gasteiger partial charge in [0.2, 0.25) is 11.8 Å². The van der Waals surface area contributed by atoms with E-state index in [1.165, 1.54) is 0 Å². The minimum atomic E-state index is -0.0670. The van der Waals surface area contributed by atoms with Crippen LogP contribution in [0.15, 0.2) is 24.3 Å². The van der Waals surface area contributed by atoms with E-state index >= 15 is 0 Å². The number of amides is 4. The summed E-state index contributed by atoms with van der Waals surface area (Å²) < 4.78 is 0. The molecule has 2 aliphatic rings. The van der Waals surface area contributed by atoms with Gasteiger partial charge in [0.15, 0.2) is 0 Å². The SMILES string of the molecule is CC(=O)N1CCC(C(=O)Nc2ccc(N3CCCN(C)C3=O)cc2)CC1. The quantitative estimate of drug-likeness (QED) is 0.900. The average Bonchev–Trinajstić information content (AvgIpc) is 2.65. The highest BCUT2D eigenvalue weighted by Gasteiger charge is 2.26. The predicted octanol–water partition coefficient (Wildman–Crippen LogP) is 2.15. The van der Waals surface area contributed by atoms with E-state index < -0.39 is 0 Å². The van der Waals surface area contributed by atoms with Gasteiger partial charge in [0.05, 0.1) is 0 Å². The van der Waals surface area contributed by atoms with Gasteiger partial charge in [0.25, 0.3) is 0 Å². The number of carbonyl (C=O) groups excluding carboxylic acids is 3. The van der Waals surface area contributed by atoms with Crippen molar-refractivity contribution >= 4 is 29.2 Å². The summed E-state index contributed by atoms with van der Waals surface area (Å²) in [6, 6.07) is 7.40. The lowest BCUT2D eigenvalue weighted by atomic mass is 9.96. The summed E-state index contributed by atoms with van der Waals surface area (Å²) in [7, 11) is 1.81. The average molecular weight is 358 g/mol. The number of urea groups is 1. The molecule has 1 aromatic rings. The first-order valence-corrected chi connectivity index (χ1v) is 9.15. The van der Waals surface area contributed by atoms with Crippen molar-refractivity contribution in [3.8, 4) is 0 Å². The smallest absolute Gasteiger partial charge is 0.324 e. The molecule has 140 valence electrons. The van der Waals surface area contributed by atoms with Gasteiger partial charge in [-0.05, 0) is 43.5 Å². The highest BCUT2D eigenvalue weighted by molar-refractivity contribution is 5.95. The number of carbonyl (C=O) groups is 3. The third kappa shape index (κ3) is 3.98. The first-order chi connectivity index (χ1) is 12.5. The summed E-state index contributed by atoms with van der Waals surface area (Å²) in [6.45, 7) is 4.33. The van der Waals surface area contributed by atoms with E-state index in [1.807, 2.05) is 24.3 Å². The van der Waals surface area contributed by atoms with Crippen LogP contribution in [0.5, 0.6) is 0 Å². The molecule has 0 bridgehead atoms. The van der Waals surface area contributed by atoms with E-state index in [-0.39, 0.29) is 23.8 Å². The maximum Gasteiger partial charge on any atom is 0.324 e. The van der Waals surface area contributed by atoms with E-state index in [0.717, 1.165) is 24.3 Å². The summed E-state index contributed by atoms with van der Waals surface area (Å²) in [5.74, 6) is -0.00492. The van der Waals surface area contributed by atoms with Crippen LogP contribution in [-0.4, -0.2) is 60.9 Å². The molecular weight excluding hydrogens is 332 g/mol. The lowest BCUT2D eigenvalue weighted by Crippen LogP contribution is -2.47. The Morgan fingerprint density at radius 3 is 2.31 bits per heavy atom. The number of hydrogen-bond acceptors (Lipinski definition) is 3. The topological polar surface area (TPSA) is 73.0 Å². The van der Waals surface area contributed by atoms with Crippen LogP contribution < -0.4 is 10.2 Å². The highest BCUT2D eigenvalue weighted by Crippen LogP contribution is 2.23. The monoisotopic (exact) mass is 358 g/mol. The normalized spacial score (nSPS) is 18.8. The zero-order valence-corrected chi connectivity index (χ0v) is 15.4. The minimum absolute atomic E-state index is 0.00488. The van der Waals surface area contributed by atoms with Crippen LogP contribution in [0.4, 0.5) is 16.2 Å². The molecule has 4 amide bonds. The van der Waals surface area contributed by atoms with Crippen molar-refractivity contribution in [2.24, 2.45) is 5.92 Å². The third-order valence-corrected chi connectivity index (χ3v) is 5.19. The van der Waals surface area contributed by atoms with Crippen molar-refractivity contribution in [1.82, 2.24) is 9.80 Å². The molecular formula is C19H26N4O3. The van der Waals surface area contributed by atoms with Crippen LogP contribution in [0.2, 0.25) is 0 Å². The van der Waals surface area contributed by atoms with Gasteiger partial charge in [-0.15, -0.1) is 0 Å². The molecule has 0 saturated carbocycles. The van der Waals surface area contributed by atoms with Crippen LogP contribution in [-0.2, 0) is 9.59 Å². The lowest BCUT2D eigenvalue weighted by Gasteiger charge is -2.33. The molecule has 7 heteroatoms. The molecule has 2 heterocycles. The van der Waals surface area contributed by atoms with Crippen LogP contribution in [0.3, 0.4) is 0 Å². The standard InChI is InChI=1S/C19H26N4O3/c1-14(24)22-12-8-15(9-13-22)18(25)20-16-4-6-17(7-5-16)23-11-3-10-21(2)19(23)26/h4-7,15H,3,8-13H2,1-2H3,(H,20,25). The summed E-state index contributed by atoms with van der Waals surface area (Å²) in [5, 5.41) is 2.95. The highest BCUT2D eigenvalue weighted by atomic mass is 16.2. The minimum Gasteiger partial charge on any atom is -0.343 e. The van der Waals surface area contributed by atoms with Crippen LogP contribution >= 0.6 is 0 Å². The summed E-state index contributed by atoms with van der Waals surface area (Å²) in [4.78, 5) is 41.3. The van der Waals surface area contributed by atoms with Gasteiger partial charge in [-0.25, -0.2) is 4.79 Å². The predicted molar refractivity (Wildman–Crippen MR) is 100 cm³/mol. The maximum atomic E-state index is 12.4. The number of piperidine rings is 1. The molecule has 1 N–H and O–H groups in total. The van der Waals surface area contributed by atoms with Gasteiger partial charge in [-0.3, -0.25) is 14.5 Å². The zero-order chi connectivity index (χ0) is 18.7. The fraction of sp³-hybridized carbons (Fsp3) is 0.526. The fourth-order valence-corrected chi connectivity index (χ4v) is 3.53. The Labute approximate surface area is 153 Å². The summed E-state index contributed by atoms with van der Waals surface area (Å²) in [5.41, 5.74) is 1.57. The number of nitrogens with one attached hydrogen (secondary N) is 1. The number of anilines is 2. The van der Waals surface area contributed by atoms with Gasteiger partial charge < -0.3 is 15.1 Å². The van der Waals surface area contributed by atoms with Crippen molar-refractivity contribution in [2.75, 3.05) is 43.4 Å². The Bertz CT molecular complexity index is 681. The van der Waals surface area contributed by atoms with Crippen molar-refractivity contribution < 1.29 is 14.4 Å². The van der Waals surface area contributed by atoms with Crippen molar-refractivity contribution in [3.05, 3.63) is 24.3 Å². The van der Waals surface area contributed by atoms with E-state index in [2.05, 4.69) is 5.32 Å². The first-order valence-electron chi connectivity index (χ1n) is 9.15. The number of benzene rings is 1. The van der Waals surface area contributed by atoms with Crippen LogP contribution in [0, 0.1) is 5.92 Å². The number of nitrogens with zero attached hydrogens (tertiary/aromatic N) is 3. The molecule has 7 nitrogen and oxygen atoms in total. The second-order valence-corrected chi connectivity index (χ2v) is 7.03. The second kappa shape index (κ2) is 7.76. The largest absolute Gasteiger partial charge is 0.343 e. The van der Waals surface area contributed by atoms with E-state index in [4.69, 9.17) is 0 Å². The molecule has 26 heavy (non-hydrogen) atoms. The zero-order valence-electron chi connectivity index (χ0n) is 15.4. The van der Waals surface area contributed by atoms with Gasteiger partial charge in [-0.1, -0.05) is 0 Å². The molecule has 1 aromatic carbocycles. The molecule has 0 radical (unpaired) electrons. The Morgan fingerprint density at radius 2 is 1.69 bits per heavy atom. The number of likely N-dealkylation sites (tertiary alicyclic amines) is 1. The Hall–Kier alpha value is -2.57. The molecule has 0 unspecified atom stereocenters. The molecule has 0 aliphatic carbocycles. The third-order valence-electron chi connectivity index (χ3n) is 5.19. The van der Waals surface area contributed by atoms with E-state index in [1.54, 1.807) is 28.7 Å². The van der Waals surface area contributed by atoms with Crippen molar-refractivity contribution in [3.63, 3.8) is 0 Å². The van der Waals surface area contributed by atoms with Crippen molar-refractivity contribution in [2.45, 2.75) is 26.2 Å². The van der Waals surface area contributed by atoms with Gasteiger partial charge >= 0.3 is 6.03 Å². The van der Waals surface area contributed by atoms with Gasteiger partial charge in [0.1, 0.15) is 0 Å². The molecule has 0 atom stereocenters. The first kappa shape index (κ1) is 18.2. The molecule has 3 rings (SSSR count). The molecule has 2 aliphatic heterocycles. The number of hydrogen-bond donors (Lipinski definition) is 1. The number of rotatable bonds is 3. The summed E-state index contributed by atoms with van der Waals surface area (Å²) in [6.07, 6.45) is 2.33. The lowest BCUT2D eigenvalue weighted by molar-refractivity contribution is -0.132. The summed E-state index contributed by atoms with van der Waals surface area (Å²) >= 11 is 0. The Morgan fingerprint density at radius 1 is 1.04 bits per heavy atom. The van der Waals surface area contributed by atoms with Crippen LogP contribution in [0.25, 0.3) is 0 Å².